The van der Waals surface area contributed by atoms with Crippen LogP contribution in [0, 0.1) is 19.8 Å². The van der Waals surface area contributed by atoms with Crippen LogP contribution in [0.5, 0.6) is 0 Å². The van der Waals surface area contributed by atoms with Gasteiger partial charge in [-0.05, 0) is 38.3 Å². The molecule has 0 saturated carbocycles. The molecule has 4 nitrogen and oxygen atoms in total. The van der Waals surface area contributed by atoms with Gasteiger partial charge in [0.05, 0.1) is 5.92 Å². The molecule has 1 heterocycles. The number of benzene rings is 1. The van der Waals surface area contributed by atoms with E-state index in [9.17, 15) is 9.59 Å². The molecule has 4 heteroatoms. The van der Waals surface area contributed by atoms with Crippen LogP contribution in [0.25, 0.3) is 0 Å². The second kappa shape index (κ2) is 6.07. The van der Waals surface area contributed by atoms with Crippen molar-refractivity contribution in [1.82, 2.24) is 4.90 Å². The van der Waals surface area contributed by atoms with Gasteiger partial charge in [0, 0.05) is 25.7 Å². The van der Waals surface area contributed by atoms with Gasteiger partial charge in [-0.1, -0.05) is 17.7 Å². The molecule has 0 aliphatic carbocycles. The standard InChI is InChI=1S/C16H22N2O2/c1-11-6-7-15(12(2)9-11)17-16(20)14-5-4-8-18(10-14)13(3)19/h6-7,9,14H,4-5,8,10H2,1-3H3,(H,17,20)/t14-/m1/s1. The number of likely N-dealkylation sites (tertiary alicyclic amines) is 1. The monoisotopic (exact) mass is 274 g/mol. The molecule has 1 aliphatic heterocycles. The van der Waals surface area contributed by atoms with Crippen molar-refractivity contribution in [3.8, 4) is 0 Å². The minimum atomic E-state index is -0.103. The van der Waals surface area contributed by atoms with Gasteiger partial charge in [-0.15, -0.1) is 0 Å². The third-order valence-corrected chi connectivity index (χ3v) is 3.88. The number of nitrogens with one attached hydrogen (secondary N) is 1. The predicted octanol–water partition coefficient (Wildman–Crippen LogP) is 2.50. The number of rotatable bonds is 2. The van der Waals surface area contributed by atoms with Crippen molar-refractivity contribution in [1.29, 1.82) is 0 Å². The molecule has 1 saturated heterocycles. The van der Waals surface area contributed by atoms with Gasteiger partial charge >= 0.3 is 0 Å². The fourth-order valence-electron chi connectivity index (χ4n) is 2.67. The minimum Gasteiger partial charge on any atom is -0.342 e. The first-order chi connectivity index (χ1) is 9.47. The molecule has 1 fully saturated rings. The van der Waals surface area contributed by atoms with Gasteiger partial charge in [-0.25, -0.2) is 0 Å². The van der Waals surface area contributed by atoms with E-state index in [1.807, 2.05) is 26.0 Å². The smallest absolute Gasteiger partial charge is 0.229 e. The Bertz CT molecular complexity index is 525. The van der Waals surface area contributed by atoms with Crippen molar-refractivity contribution >= 4 is 17.5 Å². The molecule has 1 aromatic carbocycles. The fraction of sp³-hybridized carbons (Fsp3) is 0.500. The summed E-state index contributed by atoms with van der Waals surface area (Å²) in [6, 6.07) is 5.98. The summed E-state index contributed by atoms with van der Waals surface area (Å²) in [6.07, 6.45) is 1.74. The first-order valence-electron chi connectivity index (χ1n) is 7.11. The van der Waals surface area contributed by atoms with E-state index < -0.39 is 0 Å². The largest absolute Gasteiger partial charge is 0.342 e. The average Bonchev–Trinajstić information content (AvgIpc) is 2.42. The van der Waals surface area contributed by atoms with Gasteiger partial charge in [0.2, 0.25) is 11.8 Å². The number of carbonyl (C=O) groups excluding carboxylic acids is 2. The number of piperidine rings is 1. The van der Waals surface area contributed by atoms with Gasteiger partial charge in [0.1, 0.15) is 0 Å². The van der Waals surface area contributed by atoms with E-state index in [4.69, 9.17) is 0 Å². The van der Waals surface area contributed by atoms with E-state index >= 15 is 0 Å². The van der Waals surface area contributed by atoms with Crippen molar-refractivity contribution < 1.29 is 9.59 Å². The lowest BCUT2D eigenvalue weighted by atomic mass is 9.96. The molecule has 0 spiro atoms. The topological polar surface area (TPSA) is 49.4 Å². The maximum absolute atomic E-state index is 12.3. The van der Waals surface area contributed by atoms with Crippen LogP contribution in [0.15, 0.2) is 18.2 Å². The SMILES string of the molecule is CC(=O)N1CCC[C@@H](C(=O)Nc2ccc(C)cc2C)C1. The molecule has 1 N–H and O–H groups in total. The van der Waals surface area contributed by atoms with E-state index in [1.54, 1.807) is 11.8 Å². The van der Waals surface area contributed by atoms with Crippen LogP contribution < -0.4 is 5.32 Å². The molecule has 2 rings (SSSR count). The van der Waals surface area contributed by atoms with Crippen molar-refractivity contribution in [2.45, 2.75) is 33.6 Å². The number of nitrogens with zero attached hydrogens (tertiary/aromatic N) is 1. The molecule has 0 bridgehead atoms. The fourth-order valence-corrected chi connectivity index (χ4v) is 2.67. The molecule has 1 atom stereocenters. The Kier molecular flexibility index (Phi) is 4.42. The Morgan fingerprint density at radius 1 is 1.30 bits per heavy atom. The highest BCUT2D eigenvalue weighted by Crippen LogP contribution is 2.21. The lowest BCUT2D eigenvalue weighted by Gasteiger charge is -2.31. The summed E-state index contributed by atoms with van der Waals surface area (Å²) in [7, 11) is 0. The van der Waals surface area contributed by atoms with Crippen LogP contribution in [0.1, 0.15) is 30.9 Å². The van der Waals surface area contributed by atoms with E-state index in [0.29, 0.717) is 6.54 Å². The molecule has 108 valence electrons. The number of hydrogen-bond donors (Lipinski definition) is 1. The Labute approximate surface area is 120 Å². The van der Waals surface area contributed by atoms with E-state index in [1.165, 1.54) is 5.56 Å². The summed E-state index contributed by atoms with van der Waals surface area (Å²) in [5.41, 5.74) is 3.11. The number of aryl methyl sites for hydroxylation is 2. The first kappa shape index (κ1) is 14.6. The Morgan fingerprint density at radius 2 is 2.05 bits per heavy atom. The van der Waals surface area contributed by atoms with E-state index in [-0.39, 0.29) is 17.7 Å². The summed E-state index contributed by atoms with van der Waals surface area (Å²) in [5, 5.41) is 2.99. The average molecular weight is 274 g/mol. The van der Waals surface area contributed by atoms with Gasteiger partial charge < -0.3 is 10.2 Å². The highest BCUT2D eigenvalue weighted by Gasteiger charge is 2.27. The molecule has 1 aromatic rings. The maximum atomic E-state index is 12.3. The second-order valence-corrected chi connectivity index (χ2v) is 5.61. The van der Waals surface area contributed by atoms with Crippen LogP contribution in [0.4, 0.5) is 5.69 Å². The van der Waals surface area contributed by atoms with Crippen molar-refractivity contribution in [3.05, 3.63) is 29.3 Å². The van der Waals surface area contributed by atoms with Crippen LogP contribution >= 0.6 is 0 Å². The normalized spacial score (nSPS) is 18.8. The van der Waals surface area contributed by atoms with Gasteiger partial charge in [0.25, 0.3) is 0 Å². The molecule has 0 aromatic heterocycles. The van der Waals surface area contributed by atoms with Crippen LogP contribution in [-0.4, -0.2) is 29.8 Å². The molecular formula is C16H22N2O2. The molecule has 0 radical (unpaired) electrons. The first-order valence-corrected chi connectivity index (χ1v) is 7.11. The zero-order chi connectivity index (χ0) is 14.7. The van der Waals surface area contributed by atoms with Crippen LogP contribution in [-0.2, 0) is 9.59 Å². The number of amides is 2. The summed E-state index contributed by atoms with van der Waals surface area (Å²) >= 11 is 0. The zero-order valence-electron chi connectivity index (χ0n) is 12.4. The van der Waals surface area contributed by atoms with Gasteiger partial charge in [0.15, 0.2) is 0 Å². The van der Waals surface area contributed by atoms with E-state index in [2.05, 4.69) is 11.4 Å². The lowest BCUT2D eigenvalue weighted by Crippen LogP contribution is -2.42. The highest BCUT2D eigenvalue weighted by molar-refractivity contribution is 5.93. The van der Waals surface area contributed by atoms with Crippen molar-refractivity contribution in [3.63, 3.8) is 0 Å². The number of hydrogen-bond acceptors (Lipinski definition) is 2. The quantitative estimate of drug-likeness (QED) is 0.900. The zero-order valence-corrected chi connectivity index (χ0v) is 12.4. The molecule has 0 unspecified atom stereocenters. The minimum absolute atomic E-state index is 0.0166. The van der Waals surface area contributed by atoms with Gasteiger partial charge in [-0.2, -0.15) is 0 Å². The third-order valence-electron chi connectivity index (χ3n) is 3.88. The summed E-state index contributed by atoms with van der Waals surface area (Å²) in [4.78, 5) is 25.5. The summed E-state index contributed by atoms with van der Waals surface area (Å²) < 4.78 is 0. The Morgan fingerprint density at radius 3 is 2.70 bits per heavy atom. The Balaban J connectivity index is 2.02. The van der Waals surface area contributed by atoms with Crippen LogP contribution in [0.3, 0.4) is 0 Å². The second-order valence-electron chi connectivity index (χ2n) is 5.61. The van der Waals surface area contributed by atoms with Crippen molar-refractivity contribution in [2.24, 2.45) is 5.92 Å². The molecule has 2 amide bonds. The van der Waals surface area contributed by atoms with Crippen molar-refractivity contribution in [2.75, 3.05) is 18.4 Å². The summed E-state index contributed by atoms with van der Waals surface area (Å²) in [6.45, 7) is 6.88. The van der Waals surface area contributed by atoms with Gasteiger partial charge in [-0.3, -0.25) is 9.59 Å². The predicted molar refractivity (Wildman–Crippen MR) is 79.5 cm³/mol. The summed E-state index contributed by atoms with van der Waals surface area (Å²) in [5.74, 6) is -0.0368. The van der Waals surface area contributed by atoms with E-state index in [0.717, 1.165) is 30.6 Å². The number of carbonyl (C=O) groups is 2. The number of anilines is 1. The van der Waals surface area contributed by atoms with Crippen LogP contribution in [0.2, 0.25) is 0 Å². The molecule has 1 aliphatic rings. The highest BCUT2D eigenvalue weighted by atomic mass is 16.2. The lowest BCUT2D eigenvalue weighted by molar-refractivity contribution is -0.132. The Hall–Kier alpha value is -1.84. The molecular weight excluding hydrogens is 252 g/mol. The molecule has 20 heavy (non-hydrogen) atoms. The maximum Gasteiger partial charge on any atom is 0.229 e. The third kappa shape index (κ3) is 3.38.